The van der Waals surface area contributed by atoms with Crippen LogP contribution in [0.5, 0.6) is 11.5 Å². The van der Waals surface area contributed by atoms with Crippen molar-refractivity contribution in [2.24, 2.45) is 0 Å². The molecular formula is C20H23N5O3S. The summed E-state index contributed by atoms with van der Waals surface area (Å²) in [6.07, 6.45) is 0. The van der Waals surface area contributed by atoms with E-state index in [0.717, 1.165) is 5.56 Å². The van der Waals surface area contributed by atoms with E-state index >= 15 is 0 Å². The second-order valence-corrected chi connectivity index (χ2v) is 7.66. The van der Waals surface area contributed by atoms with E-state index < -0.39 is 0 Å². The molecule has 1 unspecified atom stereocenters. The number of rotatable bonds is 8. The second kappa shape index (κ2) is 9.42. The molecule has 0 saturated heterocycles. The lowest BCUT2D eigenvalue weighted by Crippen LogP contribution is -2.33. The third-order valence-corrected chi connectivity index (χ3v) is 5.34. The lowest BCUT2D eigenvalue weighted by atomic mass is 10.2. The minimum atomic E-state index is -0.370. The zero-order valence-corrected chi connectivity index (χ0v) is 17.6. The van der Waals surface area contributed by atoms with Crippen molar-refractivity contribution in [1.29, 1.82) is 0 Å². The van der Waals surface area contributed by atoms with Crippen molar-refractivity contribution in [2.75, 3.05) is 21.3 Å². The maximum Gasteiger partial charge on any atom is 0.235 e. The SMILES string of the molecule is COc1ccc(OC)c(-n2nnnc2SC(C)C(=O)N(C)Cc2ccccc2)c1. The Morgan fingerprint density at radius 2 is 1.93 bits per heavy atom. The van der Waals surface area contributed by atoms with Gasteiger partial charge < -0.3 is 14.4 Å². The van der Waals surface area contributed by atoms with E-state index in [-0.39, 0.29) is 11.2 Å². The predicted molar refractivity (Wildman–Crippen MR) is 110 cm³/mol. The Balaban J connectivity index is 1.77. The van der Waals surface area contributed by atoms with Crippen LogP contribution in [-0.4, -0.2) is 57.5 Å². The first-order chi connectivity index (χ1) is 14.0. The first-order valence-corrected chi connectivity index (χ1v) is 9.87. The summed E-state index contributed by atoms with van der Waals surface area (Å²) in [4.78, 5) is 14.5. The molecule has 0 radical (unpaired) electrons. The lowest BCUT2D eigenvalue weighted by Gasteiger charge is -2.21. The number of carbonyl (C=O) groups excluding carboxylic acids is 1. The van der Waals surface area contributed by atoms with E-state index in [4.69, 9.17) is 9.47 Å². The van der Waals surface area contributed by atoms with Gasteiger partial charge in [-0.25, -0.2) is 0 Å². The molecule has 1 aromatic heterocycles. The molecule has 0 bridgehead atoms. The van der Waals surface area contributed by atoms with Crippen LogP contribution in [0.15, 0.2) is 53.7 Å². The zero-order chi connectivity index (χ0) is 20.8. The summed E-state index contributed by atoms with van der Waals surface area (Å²) >= 11 is 1.29. The molecule has 152 valence electrons. The molecule has 3 rings (SSSR count). The summed E-state index contributed by atoms with van der Waals surface area (Å²) in [6, 6.07) is 15.2. The fourth-order valence-corrected chi connectivity index (χ4v) is 3.74. The number of thioether (sulfide) groups is 1. The molecule has 0 aliphatic rings. The van der Waals surface area contributed by atoms with Crippen molar-refractivity contribution in [3.05, 3.63) is 54.1 Å². The van der Waals surface area contributed by atoms with E-state index in [1.54, 1.807) is 49.0 Å². The highest BCUT2D eigenvalue weighted by Crippen LogP contribution is 2.31. The van der Waals surface area contributed by atoms with Crippen molar-refractivity contribution in [3.63, 3.8) is 0 Å². The number of benzene rings is 2. The van der Waals surface area contributed by atoms with Crippen molar-refractivity contribution in [1.82, 2.24) is 25.1 Å². The Hall–Kier alpha value is -3.07. The fraction of sp³-hybridized carbons (Fsp3) is 0.300. The number of hydrogen-bond donors (Lipinski definition) is 0. The highest BCUT2D eigenvalue weighted by atomic mass is 32.2. The van der Waals surface area contributed by atoms with Crippen LogP contribution in [0.4, 0.5) is 0 Å². The quantitative estimate of drug-likeness (QED) is 0.525. The van der Waals surface area contributed by atoms with Gasteiger partial charge in [0, 0.05) is 19.7 Å². The summed E-state index contributed by atoms with van der Waals surface area (Å²) in [5, 5.41) is 12.1. The number of methoxy groups -OCH3 is 2. The van der Waals surface area contributed by atoms with Crippen LogP contribution in [0.3, 0.4) is 0 Å². The number of ether oxygens (including phenoxy) is 2. The number of tetrazole rings is 1. The second-order valence-electron chi connectivity index (χ2n) is 6.35. The van der Waals surface area contributed by atoms with Gasteiger partial charge in [0.25, 0.3) is 0 Å². The smallest absolute Gasteiger partial charge is 0.235 e. The Labute approximate surface area is 173 Å². The molecular weight excluding hydrogens is 390 g/mol. The summed E-state index contributed by atoms with van der Waals surface area (Å²) in [7, 11) is 4.96. The normalized spacial score (nSPS) is 11.7. The van der Waals surface area contributed by atoms with Crippen molar-refractivity contribution >= 4 is 17.7 Å². The molecule has 29 heavy (non-hydrogen) atoms. The van der Waals surface area contributed by atoms with E-state index in [1.165, 1.54) is 11.8 Å². The molecule has 1 atom stereocenters. The minimum absolute atomic E-state index is 0.00832. The maximum absolute atomic E-state index is 12.8. The molecule has 0 saturated carbocycles. The monoisotopic (exact) mass is 413 g/mol. The van der Waals surface area contributed by atoms with E-state index in [2.05, 4.69) is 15.5 Å². The van der Waals surface area contributed by atoms with Gasteiger partial charge in [0.1, 0.15) is 17.2 Å². The number of aromatic nitrogens is 4. The Bertz CT molecular complexity index is 964. The summed E-state index contributed by atoms with van der Waals surface area (Å²) < 4.78 is 12.3. The van der Waals surface area contributed by atoms with Gasteiger partial charge >= 0.3 is 0 Å². The van der Waals surface area contributed by atoms with Gasteiger partial charge in [0.05, 0.1) is 19.5 Å². The maximum atomic E-state index is 12.8. The summed E-state index contributed by atoms with van der Waals surface area (Å²) in [5.41, 5.74) is 1.71. The Morgan fingerprint density at radius 3 is 2.62 bits per heavy atom. The molecule has 0 N–H and O–H groups in total. The first-order valence-electron chi connectivity index (χ1n) is 8.99. The van der Waals surface area contributed by atoms with Gasteiger partial charge in [-0.2, -0.15) is 4.68 Å². The topological polar surface area (TPSA) is 82.4 Å². The third-order valence-electron chi connectivity index (χ3n) is 4.32. The van der Waals surface area contributed by atoms with Gasteiger partial charge in [-0.05, 0) is 35.0 Å². The molecule has 0 aliphatic heterocycles. The predicted octanol–water partition coefficient (Wildman–Crippen LogP) is 2.82. The Morgan fingerprint density at radius 1 is 1.17 bits per heavy atom. The largest absolute Gasteiger partial charge is 0.497 e. The molecule has 1 heterocycles. The van der Waals surface area contributed by atoms with Crippen molar-refractivity contribution < 1.29 is 14.3 Å². The van der Waals surface area contributed by atoms with E-state index in [1.807, 2.05) is 37.3 Å². The van der Waals surface area contributed by atoms with Gasteiger partial charge in [-0.15, -0.1) is 5.10 Å². The first kappa shape index (κ1) is 20.7. The van der Waals surface area contributed by atoms with Crippen molar-refractivity contribution in [3.8, 4) is 17.2 Å². The van der Waals surface area contributed by atoms with Crippen LogP contribution in [0.2, 0.25) is 0 Å². The molecule has 9 heteroatoms. The number of carbonyl (C=O) groups is 1. The number of nitrogens with zero attached hydrogens (tertiary/aromatic N) is 5. The number of hydrogen-bond acceptors (Lipinski definition) is 7. The molecule has 3 aromatic rings. The Kier molecular flexibility index (Phi) is 6.71. The molecule has 2 aromatic carbocycles. The van der Waals surface area contributed by atoms with Crippen LogP contribution in [-0.2, 0) is 11.3 Å². The molecule has 1 amide bonds. The average Bonchev–Trinajstić information content (AvgIpc) is 3.21. The van der Waals surface area contributed by atoms with Gasteiger partial charge in [-0.3, -0.25) is 4.79 Å². The molecule has 0 spiro atoms. The minimum Gasteiger partial charge on any atom is -0.497 e. The number of amides is 1. The molecule has 0 aliphatic carbocycles. The van der Waals surface area contributed by atoms with E-state index in [0.29, 0.717) is 28.9 Å². The lowest BCUT2D eigenvalue weighted by molar-refractivity contribution is -0.129. The van der Waals surface area contributed by atoms with Crippen molar-refractivity contribution in [2.45, 2.75) is 23.9 Å². The highest BCUT2D eigenvalue weighted by molar-refractivity contribution is 8.00. The summed E-state index contributed by atoms with van der Waals surface area (Å²) in [5.74, 6) is 1.24. The fourth-order valence-electron chi connectivity index (χ4n) is 2.82. The van der Waals surface area contributed by atoms with Gasteiger partial charge in [0.15, 0.2) is 0 Å². The third kappa shape index (κ3) is 4.86. The van der Waals surface area contributed by atoms with Gasteiger partial charge in [-0.1, -0.05) is 42.1 Å². The highest BCUT2D eigenvalue weighted by Gasteiger charge is 2.23. The summed E-state index contributed by atoms with van der Waals surface area (Å²) in [6.45, 7) is 2.38. The van der Waals surface area contributed by atoms with Crippen LogP contribution in [0, 0.1) is 0 Å². The van der Waals surface area contributed by atoms with Crippen LogP contribution in [0.25, 0.3) is 5.69 Å². The average molecular weight is 414 g/mol. The molecule has 0 fully saturated rings. The van der Waals surface area contributed by atoms with Crippen LogP contribution < -0.4 is 9.47 Å². The van der Waals surface area contributed by atoms with E-state index in [9.17, 15) is 4.79 Å². The van der Waals surface area contributed by atoms with Crippen LogP contribution in [0.1, 0.15) is 12.5 Å². The molecule has 8 nitrogen and oxygen atoms in total. The zero-order valence-electron chi connectivity index (χ0n) is 16.8. The standard InChI is InChI=1S/C20H23N5O3S/c1-14(19(26)24(2)13-15-8-6-5-7-9-15)29-20-21-22-23-25(20)17-12-16(27-3)10-11-18(17)28-4/h5-12,14H,13H2,1-4H3. The van der Waals surface area contributed by atoms with Crippen LogP contribution >= 0.6 is 11.8 Å². The van der Waals surface area contributed by atoms with Gasteiger partial charge in [0.2, 0.25) is 11.1 Å².